The van der Waals surface area contributed by atoms with Crippen molar-refractivity contribution in [1.29, 1.82) is 0 Å². The van der Waals surface area contributed by atoms with Gasteiger partial charge in [-0.15, -0.1) is 0 Å². The molecule has 1 rings (SSSR count). The molecule has 0 aliphatic carbocycles. The second-order valence-corrected chi connectivity index (χ2v) is 7.48. The molecule has 0 aliphatic heterocycles. The Morgan fingerprint density at radius 1 is 1.00 bits per heavy atom. The molecule has 8 heteroatoms. The van der Waals surface area contributed by atoms with Crippen molar-refractivity contribution in [2.45, 2.75) is 52.5 Å². The van der Waals surface area contributed by atoms with Gasteiger partial charge < -0.3 is 19.9 Å². The lowest BCUT2D eigenvalue weighted by molar-refractivity contribution is -0.159. The summed E-state index contributed by atoms with van der Waals surface area (Å²) in [6.45, 7) is 9.33. The zero-order chi connectivity index (χ0) is 22.2. The summed E-state index contributed by atoms with van der Waals surface area (Å²) < 4.78 is 9.71. The standard InChI is InChI=1S/C21H29NO7/c1-6-28-16(23)12-15(20(27)29-7-2)17(19(25)26)22-18(24)13-8-10-14(11-9-13)21(3,4)5/h8-11,15,17H,6-7,12H2,1-5H3,(H,22,24)(H,25,26)/t15-,17-/m0/s1. The lowest BCUT2D eigenvalue weighted by atomic mass is 9.86. The number of hydrogen-bond acceptors (Lipinski definition) is 6. The Bertz CT molecular complexity index is 734. The number of rotatable bonds is 9. The quantitative estimate of drug-likeness (QED) is 0.603. The summed E-state index contributed by atoms with van der Waals surface area (Å²) in [5, 5.41) is 11.9. The van der Waals surface area contributed by atoms with Crippen molar-refractivity contribution in [3.8, 4) is 0 Å². The first kappa shape index (κ1) is 24.1. The van der Waals surface area contributed by atoms with Crippen LogP contribution < -0.4 is 5.32 Å². The van der Waals surface area contributed by atoms with E-state index in [0.29, 0.717) is 0 Å². The molecular weight excluding hydrogens is 378 g/mol. The second kappa shape index (κ2) is 10.6. The molecule has 2 atom stereocenters. The number of hydrogen-bond donors (Lipinski definition) is 2. The fraction of sp³-hybridized carbons (Fsp3) is 0.524. The molecule has 0 aliphatic rings. The van der Waals surface area contributed by atoms with Crippen molar-refractivity contribution >= 4 is 23.8 Å². The van der Waals surface area contributed by atoms with E-state index >= 15 is 0 Å². The van der Waals surface area contributed by atoms with E-state index < -0.39 is 42.2 Å². The van der Waals surface area contributed by atoms with Gasteiger partial charge in [-0.3, -0.25) is 14.4 Å². The number of carboxylic acid groups (broad SMARTS) is 1. The van der Waals surface area contributed by atoms with Gasteiger partial charge in [-0.2, -0.15) is 0 Å². The van der Waals surface area contributed by atoms with Gasteiger partial charge in [0.05, 0.1) is 25.6 Å². The zero-order valence-electron chi connectivity index (χ0n) is 17.5. The molecule has 0 bridgehead atoms. The molecule has 1 amide bonds. The SMILES string of the molecule is CCOC(=O)C[C@H](C(=O)OCC)[C@H](NC(=O)c1ccc(C(C)(C)C)cc1)C(=O)O. The summed E-state index contributed by atoms with van der Waals surface area (Å²) in [4.78, 5) is 48.4. The van der Waals surface area contributed by atoms with Crippen molar-refractivity contribution in [2.75, 3.05) is 13.2 Å². The van der Waals surface area contributed by atoms with E-state index in [2.05, 4.69) is 5.32 Å². The number of amides is 1. The van der Waals surface area contributed by atoms with Gasteiger partial charge in [-0.25, -0.2) is 4.79 Å². The fourth-order valence-electron chi connectivity index (χ4n) is 2.67. The minimum absolute atomic E-state index is 0.00666. The molecule has 0 heterocycles. The molecule has 29 heavy (non-hydrogen) atoms. The molecule has 2 N–H and O–H groups in total. The largest absolute Gasteiger partial charge is 0.480 e. The monoisotopic (exact) mass is 407 g/mol. The molecule has 8 nitrogen and oxygen atoms in total. The van der Waals surface area contributed by atoms with Crippen LogP contribution in [0.2, 0.25) is 0 Å². The number of ether oxygens (including phenoxy) is 2. The van der Waals surface area contributed by atoms with E-state index in [9.17, 15) is 24.3 Å². The number of carboxylic acids is 1. The number of aliphatic carboxylic acids is 1. The number of nitrogens with one attached hydrogen (secondary N) is 1. The first-order valence-corrected chi connectivity index (χ1v) is 9.47. The van der Waals surface area contributed by atoms with E-state index in [1.54, 1.807) is 38.1 Å². The van der Waals surface area contributed by atoms with Crippen molar-refractivity contribution in [2.24, 2.45) is 5.92 Å². The Morgan fingerprint density at radius 3 is 2.00 bits per heavy atom. The summed E-state index contributed by atoms with van der Waals surface area (Å²) in [6.07, 6.45) is -0.521. The topological polar surface area (TPSA) is 119 Å². The van der Waals surface area contributed by atoms with Crippen LogP contribution in [0.3, 0.4) is 0 Å². The summed E-state index contributed by atoms with van der Waals surface area (Å²) in [7, 11) is 0. The number of carbonyl (C=O) groups excluding carboxylic acids is 3. The van der Waals surface area contributed by atoms with Gasteiger partial charge in [0.1, 0.15) is 6.04 Å². The zero-order valence-corrected chi connectivity index (χ0v) is 17.5. The Labute approximate surface area is 170 Å². The third kappa shape index (κ3) is 7.21. The van der Waals surface area contributed by atoms with Crippen LogP contribution in [-0.4, -0.2) is 48.2 Å². The summed E-state index contributed by atoms with van der Waals surface area (Å²) >= 11 is 0. The van der Waals surface area contributed by atoms with E-state index in [1.807, 2.05) is 20.8 Å². The minimum atomic E-state index is -1.65. The molecular formula is C21H29NO7. The summed E-state index contributed by atoms with van der Waals surface area (Å²) in [5.74, 6) is -5.18. The Morgan fingerprint density at radius 2 is 1.55 bits per heavy atom. The third-order valence-electron chi connectivity index (χ3n) is 4.25. The summed E-state index contributed by atoms with van der Waals surface area (Å²) in [5.41, 5.74) is 1.14. The average molecular weight is 407 g/mol. The van der Waals surface area contributed by atoms with Crippen molar-refractivity contribution in [3.05, 3.63) is 35.4 Å². The molecule has 0 unspecified atom stereocenters. The highest BCUT2D eigenvalue weighted by atomic mass is 16.5. The predicted molar refractivity (Wildman–Crippen MR) is 105 cm³/mol. The van der Waals surface area contributed by atoms with Gasteiger partial charge in [0.25, 0.3) is 5.91 Å². The van der Waals surface area contributed by atoms with Crippen LogP contribution in [0.4, 0.5) is 0 Å². The summed E-state index contributed by atoms with van der Waals surface area (Å²) in [6, 6.07) is 5.09. The van der Waals surface area contributed by atoms with Crippen LogP contribution in [0.15, 0.2) is 24.3 Å². The average Bonchev–Trinajstić information content (AvgIpc) is 2.64. The van der Waals surface area contributed by atoms with Gasteiger partial charge in [0, 0.05) is 5.56 Å². The molecule has 0 aromatic heterocycles. The van der Waals surface area contributed by atoms with E-state index in [1.165, 1.54) is 0 Å². The smallest absolute Gasteiger partial charge is 0.327 e. The van der Waals surface area contributed by atoms with Crippen LogP contribution >= 0.6 is 0 Å². The number of carbonyl (C=O) groups is 4. The third-order valence-corrected chi connectivity index (χ3v) is 4.25. The number of esters is 2. The molecule has 0 saturated heterocycles. The van der Waals surface area contributed by atoms with E-state index in [-0.39, 0.29) is 24.2 Å². The highest BCUT2D eigenvalue weighted by Gasteiger charge is 2.38. The highest BCUT2D eigenvalue weighted by Crippen LogP contribution is 2.22. The maximum Gasteiger partial charge on any atom is 0.327 e. The molecule has 160 valence electrons. The highest BCUT2D eigenvalue weighted by molar-refractivity contribution is 5.98. The lowest BCUT2D eigenvalue weighted by Crippen LogP contribution is -2.49. The second-order valence-electron chi connectivity index (χ2n) is 7.48. The number of benzene rings is 1. The van der Waals surface area contributed by atoms with Crippen molar-refractivity contribution in [1.82, 2.24) is 5.32 Å². The Balaban J connectivity index is 3.08. The normalized spacial score (nSPS) is 13.1. The van der Waals surface area contributed by atoms with Crippen molar-refractivity contribution < 1.29 is 33.8 Å². The van der Waals surface area contributed by atoms with Gasteiger partial charge in [0.15, 0.2) is 0 Å². The Kier molecular flexibility index (Phi) is 8.82. The molecule has 0 spiro atoms. The van der Waals surface area contributed by atoms with Gasteiger partial charge >= 0.3 is 17.9 Å². The molecule has 0 saturated carbocycles. The minimum Gasteiger partial charge on any atom is -0.480 e. The Hall–Kier alpha value is -2.90. The lowest BCUT2D eigenvalue weighted by Gasteiger charge is -2.23. The maximum atomic E-state index is 12.6. The van der Waals surface area contributed by atoms with Gasteiger partial charge in [-0.05, 0) is 37.0 Å². The molecule has 0 fully saturated rings. The van der Waals surface area contributed by atoms with Crippen LogP contribution in [0.1, 0.15) is 57.0 Å². The molecule has 1 aromatic rings. The van der Waals surface area contributed by atoms with Crippen molar-refractivity contribution in [3.63, 3.8) is 0 Å². The first-order chi connectivity index (χ1) is 13.5. The van der Waals surface area contributed by atoms with E-state index in [0.717, 1.165) is 5.56 Å². The predicted octanol–water partition coefficient (Wildman–Crippen LogP) is 2.30. The van der Waals surface area contributed by atoms with E-state index in [4.69, 9.17) is 9.47 Å². The van der Waals surface area contributed by atoms with Crippen LogP contribution in [-0.2, 0) is 29.3 Å². The van der Waals surface area contributed by atoms with Gasteiger partial charge in [0.2, 0.25) is 0 Å². The molecule has 0 radical (unpaired) electrons. The maximum absolute atomic E-state index is 12.6. The first-order valence-electron chi connectivity index (χ1n) is 9.47. The van der Waals surface area contributed by atoms with Crippen LogP contribution in [0, 0.1) is 5.92 Å². The molecule has 1 aromatic carbocycles. The van der Waals surface area contributed by atoms with Crippen LogP contribution in [0.5, 0.6) is 0 Å². The van der Waals surface area contributed by atoms with Crippen LogP contribution in [0.25, 0.3) is 0 Å². The fourth-order valence-corrected chi connectivity index (χ4v) is 2.67. The van der Waals surface area contributed by atoms with Gasteiger partial charge in [-0.1, -0.05) is 32.9 Å².